The average Bonchev–Trinajstić information content (AvgIpc) is 2.99. The number of aromatic nitrogens is 3. The van der Waals surface area contributed by atoms with Gasteiger partial charge in [-0.1, -0.05) is 27.7 Å². The summed E-state index contributed by atoms with van der Waals surface area (Å²) >= 11 is 0. The molecule has 0 radical (unpaired) electrons. The van der Waals surface area contributed by atoms with Crippen LogP contribution in [0.3, 0.4) is 0 Å². The summed E-state index contributed by atoms with van der Waals surface area (Å²) in [5, 5.41) is 0. The van der Waals surface area contributed by atoms with Crippen molar-refractivity contribution in [1.29, 1.82) is 0 Å². The molecule has 1 aromatic rings. The summed E-state index contributed by atoms with van der Waals surface area (Å²) in [4.78, 5) is 27.1. The van der Waals surface area contributed by atoms with E-state index in [0.717, 1.165) is 30.6 Å². The highest BCUT2D eigenvalue weighted by molar-refractivity contribution is 5.42. The van der Waals surface area contributed by atoms with Crippen LogP contribution >= 0.6 is 0 Å². The molecule has 6 saturated carbocycles. The molecule has 6 aliphatic carbocycles. The van der Waals surface area contributed by atoms with Gasteiger partial charge >= 0.3 is 11.4 Å². The number of hydrogen-bond acceptors (Lipinski definition) is 2. The zero-order chi connectivity index (χ0) is 17.7. The highest BCUT2D eigenvalue weighted by Crippen LogP contribution is 2.96. The molecule has 9 rings (SSSR count). The Kier molecular flexibility index (Phi) is 1.71. The number of rotatable bonds is 1. The minimum absolute atomic E-state index is 0.0199. The quantitative estimate of drug-likeness (QED) is 0.779. The van der Waals surface area contributed by atoms with Crippen LogP contribution in [0.4, 0.5) is 0 Å². The molecule has 11 atom stereocenters. The van der Waals surface area contributed by atoms with E-state index in [4.69, 9.17) is 0 Å². The number of fused-ring (bicyclic) bond motifs is 2. The number of nitrogens with zero attached hydrogens (tertiary/aromatic N) is 3. The Balaban J connectivity index is 1.37. The molecule has 0 aromatic carbocycles. The van der Waals surface area contributed by atoms with Crippen LogP contribution in [0.5, 0.6) is 0 Å². The molecular formula is C21H27N3O2. The normalized spacial score (nSPS) is 62.7. The van der Waals surface area contributed by atoms with Gasteiger partial charge in [-0.3, -0.25) is 0 Å². The summed E-state index contributed by atoms with van der Waals surface area (Å²) in [6, 6.07) is 0.748. The fourth-order valence-electron chi connectivity index (χ4n) is 10.5. The van der Waals surface area contributed by atoms with Crippen LogP contribution in [-0.4, -0.2) is 13.9 Å². The largest absolute Gasteiger partial charge is 0.347 e. The lowest BCUT2D eigenvalue weighted by Gasteiger charge is -2.96. The molecule has 0 saturated heterocycles. The van der Waals surface area contributed by atoms with Gasteiger partial charge in [0.25, 0.3) is 0 Å². The first-order chi connectivity index (χ1) is 12.3. The van der Waals surface area contributed by atoms with E-state index in [9.17, 15) is 9.59 Å². The zero-order valence-corrected chi connectivity index (χ0v) is 16.0. The van der Waals surface area contributed by atoms with Crippen molar-refractivity contribution >= 4 is 0 Å². The van der Waals surface area contributed by atoms with E-state index in [1.54, 1.807) is 4.57 Å². The van der Waals surface area contributed by atoms with E-state index in [-0.39, 0.29) is 28.3 Å². The lowest BCUT2D eigenvalue weighted by molar-refractivity contribution is -0.496. The molecule has 4 bridgehead atoms. The molecule has 5 nitrogen and oxygen atoms in total. The second-order valence-electron chi connectivity index (χ2n) is 11.8. The maximum absolute atomic E-state index is 13.6. The maximum Gasteiger partial charge on any atom is 0.347 e. The summed E-state index contributed by atoms with van der Waals surface area (Å²) in [5.41, 5.74) is 0.657. The zero-order valence-electron chi connectivity index (χ0n) is 16.0. The van der Waals surface area contributed by atoms with Gasteiger partial charge < -0.3 is 0 Å². The fourth-order valence-corrected chi connectivity index (χ4v) is 10.5. The van der Waals surface area contributed by atoms with E-state index in [1.165, 1.54) is 6.42 Å². The van der Waals surface area contributed by atoms with Crippen molar-refractivity contribution in [1.82, 2.24) is 13.9 Å². The van der Waals surface area contributed by atoms with E-state index in [0.29, 0.717) is 35.3 Å². The Labute approximate surface area is 152 Å². The minimum atomic E-state index is 0.0199. The van der Waals surface area contributed by atoms with Gasteiger partial charge in [0.05, 0.1) is 12.1 Å². The first-order valence-corrected chi connectivity index (χ1v) is 10.7. The Bertz CT molecular complexity index is 1060. The van der Waals surface area contributed by atoms with Gasteiger partial charge in [0.1, 0.15) is 0 Å². The van der Waals surface area contributed by atoms with Crippen LogP contribution in [0.15, 0.2) is 9.59 Å². The van der Waals surface area contributed by atoms with Gasteiger partial charge in [-0.05, 0) is 71.0 Å². The van der Waals surface area contributed by atoms with E-state index in [1.807, 2.05) is 9.36 Å². The number of hydrogen-bond donors (Lipinski definition) is 0. The molecule has 0 unspecified atom stereocenters. The molecule has 0 spiro atoms. The second kappa shape index (κ2) is 3.22. The summed E-state index contributed by atoms with van der Waals surface area (Å²) in [5.74, 6) is 4.52. The Morgan fingerprint density at radius 3 is 2.27 bits per heavy atom. The monoisotopic (exact) mass is 353 g/mol. The topological polar surface area (TPSA) is 48.9 Å². The molecule has 8 aliphatic rings. The summed E-state index contributed by atoms with van der Waals surface area (Å²) < 4.78 is 5.64. The molecule has 26 heavy (non-hydrogen) atoms. The van der Waals surface area contributed by atoms with Gasteiger partial charge in [-0.2, -0.15) is 0 Å². The predicted octanol–water partition coefficient (Wildman–Crippen LogP) is 2.44. The summed E-state index contributed by atoms with van der Waals surface area (Å²) in [7, 11) is 0. The highest BCUT2D eigenvalue weighted by atomic mass is 16.2. The Hall–Kier alpha value is -1.26. The van der Waals surface area contributed by atoms with Crippen LogP contribution in [0, 0.1) is 51.8 Å². The average molecular weight is 353 g/mol. The first-order valence-electron chi connectivity index (χ1n) is 10.7. The predicted molar refractivity (Wildman–Crippen MR) is 94.8 cm³/mol. The van der Waals surface area contributed by atoms with Crippen molar-refractivity contribution in [2.45, 2.75) is 65.1 Å². The summed E-state index contributed by atoms with van der Waals surface area (Å²) in [6.07, 6.45) is 3.41. The minimum Gasteiger partial charge on any atom is -0.246 e. The third-order valence-electron chi connectivity index (χ3n) is 12.0. The van der Waals surface area contributed by atoms with Crippen LogP contribution in [-0.2, 0) is 0 Å². The van der Waals surface area contributed by atoms with Crippen LogP contribution in [0.2, 0.25) is 0 Å². The molecular weight excluding hydrogens is 326 g/mol. The molecule has 138 valence electrons. The lowest BCUT2D eigenvalue weighted by Crippen LogP contribution is -2.95. The molecule has 3 heterocycles. The van der Waals surface area contributed by atoms with Crippen molar-refractivity contribution in [2.75, 3.05) is 0 Å². The molecule has 6 fully saturated rings. The molecule has 5 heteroatoms. The van der Waals surface area contributed by atoms with Crippen molar-refractivity contribution in [3.8, 4) is 0 Å². The van der Waals surface area contributed by atoms with E-state index < -0.39 is 0 Å². The van der Waals surface area contributed by atoms with Gasteiger partial charge in [0, 0.05) is 6.04 Å². The van der Waals surface area contributed by atoms with Crippen molar-refractivity contribution in [3.05, 3.63) is 21.0 Å². The van der Waals surface area contributed by atoms with Crippen molar-refractivity contribution < 1.29 is 0 Å². The van der Waals surface area contributed by atoms with Gasteiger partial charge in [-0.15, -0.1) is 0 Å². The third kappa shape index (κ3) is 0.861. The molecule has 0 N–H and O–H groups in total. The first kappa shape index (κ1) is 13.8. The molecule has 1 aromatic heterocycles. The van der Waals surface area contributed by atoms with Crippen molar-refractivity contribution in [3.63, 3.8) is 0 Å². The van der Waals surface area contributed by atoms with Gasteiger partial charge in [0.15, 0.2) is 0 Å². The highest BCUT2D eigenvalue weighted by Gasteiger charge is 2.95. The Morgan fingerprint density at radius 2 is 1.65 bits per heavy atom. The van der Waals surface area contributed by atoms with Gasteiger partial charge in [0.2, 0.25) is 0 Å². The molecule has 2 aliphatic heterocycles. The van der Waals surface area contributed by atoms with E-state index in [2.05, 4.69) is 27.7 Å². The smallest absolute Gasteiger partial charge is 0.246 e. The van der Waals surface area contributed by atoms with Crippen molar-refractivity contribution in [2.24, 2.45) is 51.8 Å². The van der Waals surface area contributed by atoms with Crippen LogP contribution in [0.25, 0.3) is 0 Å². The standard InChI is InChI=1S/C21H27N3O2/c1-19(2)8-5-6-20(19,3)9(7-8)22-17(25)23-15-10-11-13-12(10)16(24(23)18(22)26)21(13,4)14(11)15/h8-16H,5-7H2,1-4H3/t8-,9-,10-,11+,12-,13+,14+,15-,16-,20+,21+/m1/s1. The van der Waals surface area contributed by atoms with Crippen LogP contribution in [0.1, 0.15) is 65.1 Å². The Morgan fingerprint density at radius 1 is 0.923 bits per heavy atom. The third-order valence-corrected chi connectivity index (χ3v) is 12.0. The fraction of sp³-hybridized carbons (Fsp3) is 0.905. The van der Waals surface area contributed by atoms with E-state index >= 15 is 0 Å². The lowest BCUT2D eigenvalue weighted by atomic mass is 9.11. The maximum atomic E-state index is 13.6. The SMILES string of the molecule is CC1(C)[C@@H]2CC[C@@]1(C)[C@H](n1c(=O)n3n(c1=O)[C@@H]1[C@@H]4[C@H]5[C@H]6[C@@H]4[C@@]1(C)[C@@H]6[C@@H]53)C2. The summed E-state index contributed by atoms with van der Waals surface area (Å²) in [6.45, 7) is 9.47. The van der Waals surface area contributed by atoms with Gasteiger partial charge in [-0.25, -0.2) is 23.5 Å². The van der Waals surface area contributed by atoms with Crippen LogP contribution < -0.4 is 11.4 Å². The second-order valence-corrected chi connectivity index (χ2v) is 11.8. The molecule has 0 amide bonds.